The third-order valence-electron chi connectivity index (χ3n) is 4.03. The molecule has 1 atom stereocenters. The fourth-order valence-electron chi connectivity index (χ4n) is 2.78. The first-order chi connectivity index (χ1) is 12.6. The van der Waals surface area contributed by atoms with Crippen LogP contribution in [0.15, 0.2) is 59.1 Å². The fourth-order valence-corrected chi connectivity index (χ4v) is 3.41. The van der Waals surface area contributed by atoms with E-state index in [1.165, 1.54) is 0 Å². The molecule has 2 N–H and O–H groups in total. The zero-order valence-corrected chi connectivity index (χ0v) is 15.9. The van der Waals surface area contributed by atoms with Crippen molar-refractivity contribution >= 4 is 38.7 Å². The molecule has 2 aromatic carbocycles. The molecule has 0 saturated heterocycles. The Morgan fingerprint density at radius 3 is 2.50 bits per heavy atom. The molecule has 0 aliphatic carbocycles. The van der Waals surface area contributed by atoms with Crippen LogP contribution in [0.3, 0.4) is 0 Å². The van der Waals surface area contributed by atoms with E-state index in [1.807, 2.05) is 54.6 Å². The number of carbonyl (C=O) groups is 2. The van der Waals surface area contributed by atoms with Gasteiger partial charge < -0.3 is 15.0 Å². The van der Waals surface area contributed by atoms with E-state index in [-0.39, 0.29) is 12.5 Å². The number of aromatic nitrogens is 1. The van der Waals surface area contributed by atoms with Crippen LogP contribution in [0.5, 0.6) is 0 Å². The molecule has 6 heteroatoms. The van der Waals surface area contributed by atoms with Crippen LogP contribution in [0.2, 0.25) is 0 Å². The van der Waals surface area contributed by atoms with Gasteiger partial charge in [-0.1, -0.05) is 48.5 Å². The molecule has 1 unspecified atom stereocenters. The maximum Gasteiger partial charge on any atom is 0.328 e. The van der Waals surface area contributed by atoms with Gasteiger partial charge in [0.2, 0.25) is 0 Å². The number of H-pyrrole nitrogens is 1. The average molecular weight is 415 g/mol. The van der Waals surface area contributed by atoms with Gasteiger partial charge in [0.25, 0.3) is 5.91 Å². The Balaban J connectivity index is 1.83. The lowest BCUT2D eigenvalue weighted by molar-refractivity contribution is -0.145. The van der Waals surface area contributed by atoms with Gasteiger partial charge in [-0.3, -0.25) is 4.79 Å². The molecule has 0 radical (unpaired) electrons. The Labute approximate surface area is 159 Å². The van der Waals surface area contributed by atoms with Crippen LogP contribution < -0.4 is 5.32 Å². The van der Waals surface area contributed by atoms with Gasteiger partial charge in [-0.15, -0.1) is 0 Å². The van der Waals surface area contributed by atoms with Gasteiger partial charge in [0, 0.05) is 17.3 Å². The Morgan fingerprint density at radius 2 is 1.81 bits per heavy atom. The summed E-state index contributed by atoms with van der Waals surface area (Å²) in [6, 6.07) is 16.4. The maximum atomic E-state index is 12.8. The van der Waals surface area contributed by atoms with Crippen LogP contribution in [0, 0.1) is 0 Å². The molecular formula is C20H19BrN2O3. The lowest BCUT2D eigenvalue weighted by Gasteiger charge is -2.17. The molecule has 3 aromatic rings. The summed E-state index contributed by atoms with van der Waals surface area (Å²) in [4.78, 5) is 28.2. The highest BCUT2D eigenvalue weighted by Crippen LogP contribution is 2.27. The summed E-state index contributed by atoms with van der Waals surface area (Å²) in [7, 11) is 0. The quantitative estimate of drug-likeness (QED) is 0.601. The SMILES string of the molecule is CCOC(=O)C(Cc1ccccc1)NC(=O)c1[nH]c2ccccc2c1Br. The number of amides is 1. The predicted molar refractivity (Wildman–Crippen MR) is 104 cm³/mol. The second-order valence-electron chi connectivity index (χ2n) is 5.83. The van der Waals surface area contributed by atoms with E-state index in [1.54, 1.807) is 6.92 Å². The largest absolute Gasteiger partial charge is 0.464 e. The first kappa shape index (κ1) is 18.2. The minimum absolute atomic E-state index is 0.260. The van der Waals surface area contributed by atoms with Crippen molar-refractivity contribution in [3.05, 3.63) is 70.3 Å². The van der Waals surface area contributed by atoms with Gasteiger partial charge in [0.15, 0.2) is 0 Å². The molecule has 1 amide bonds. The molecule has 0 aliphatic rings. The summed E-state index contributed by atoms with van der Waals surface area (Å²) in [6.45, 7) is 2.00. The van der Waals surface area contributed by atoms with E-state index in [4.69, 9.17) is 4.74 Å². The number of aromatic amines is 1. The number of rotatable bonds is 6. The van der Waals surface area contributed by atoms with Crippen molar-refractivity contribution in [2.24, 2.45) is 0 Å². The zero-order chi connectivity index (χ0) is 18.5. The first-order valence-electron chi connectivity index (χ1n) is 8.37. The highest BCUT2D eigenvalue weighted by atomic mass is 79.9. The molecule has 3 rings (SSSR count). The number of hydrogen-bond donors (Lipinski definition) is 2. The van der Waals surface area contributed by atoms with Crippen molar-refractivity contribution in [1.82, 2.24) is 10.3 Å². The summed E-state index contributed by atoms with van der Waals surface area (Å²) in [6.07, 6.45) is 0.364. The van der Waals surface area contributed by atoms with Crippen LogP contribution in [0.4, 0.5) is 0 Å². The molecule has 26 heavy (non-hydrogen) atoms. The number of fused-ring (bicyclic) bond motifs is 1. The monoisotopic (exact) mass is 414 g/mol. The molecule has 5 nitrogen and oxygen atoms in total. The van der Waals surface area contributed by atoms with Crippen LogP contribution >= 0.6 is 15.9 Å². The maximum absolute atomic E-state index is 12.8. The normalized spacial score (nSPS) is 11.9. The summed E-state index contributed by atoms with van der Waals surface area (Å²) in [5.74, 6) is -0.806. The summed E-state index contributed by atoms with van der Waals surface area (Å²) < 4.78 is 5.80. The molecular weight excluding hydrogens is 396 g/mol. The third kappa shape index (κ3) is 3.96. The standard InChI is InChI=1S/C20H19BrN2O3/c1-2-26-20(25)16(12-13-8-4-3-5-9-13)23-19(24)18-17(21)14-10-6-7-11-15(14)22-18/h3-11,16,22H,2,12H2,1H3,(H,23,24). The number of esters is 1. The average Bonchev–Trinajstić information content (AvgIpc) is 2.99. The van der Waals surface area contributed by atoms with E-state index >= 15 is 0 Å². The number of halogens is 1. The Bertz CT molecular complexity index is 921. The Hall–Kier alpha value is -2.60. The third-order valence-corrected chi connectivity index (χ3v) is 4.85. The van der Waals surface area contributed by atoms with Gasteiger partial charge in [-0.2, -0.15) is 0 Å². The Morgan fingerprint density at radius 1 is 1.12 bits per heavy atom. The second-order valence-corrected chi connectivity index (χ2v) is 6.62. The van der Waals surface area contributed by atoms with Crippen molar-refractivity contribution in [2.75, 3.05) is 6.61 Å². The number of hydrogen-bond acceptors (Lipinski definition) is 3. The number of para-hydroxylation sites is 1. The number of ether oxygens (including phenoxy) is 1. The smallest absolute Gasteiger partial charge is 0.328 e. The number of benzene rings is 2. The molecule has 1 aromatic heterocycles. The van der Waals surface area contributed by atoms with Crippen LogP contribution in [0.25, 0.3) is 10.9 Å². The number of carbonyl (C=O) groups excluding carboxylic acids is 2. The van der Waals surface area contributed by atoms with Crippen LogP contribution in [0.1, 0.15) is 23.0 Å². The van der Waals surface area contributed by atoms with Gasteiger partial charge in [-0.05, 0) is 34.5 Å². The van der Waals surface area contributed by atoms with E-state index in [9.17, 15) is 9.59 Å². The van der Waals surface area contributed by atoms with Crippen molar-refractivity contribution < 1.29 is 14.3 Å². The Kier molecular flexibility index (Phi) is 5.73. The molecule has 0 spiro atoms. The minimum atomic E-state index is -0.761. The van der Waals surface area contributed by atoms with Crippen LogP contribution in [-0.4, -0.2) is 29.5 Å². The topological polar surface area (TPSA) is 71.2 Å². The van der Waals surface area contributed by atoms with Gasteiger partial charge >= 0.3 is 5.97 Å². The molecule has 0 aliphatic heterocycles. The second kappa shape index (κ2) is 8.19. The molecule has 0 bridgehead atoms. The van der Waals surface area contributed by atoms with E-state index in [0.717, 1.165) is 16.5 Å². The van der Waals surface area contributed by atoms with Crippen molar-refractivity contribution in [3.63, 3.8) is 0 Å². The highest BCUT2D eigenvalue weighted by molar-refractivity contribution is 9.10. The predicted octanol–water partition coefficient (Wildman–Crippen LogP) is 3.83. The molecule has 134 valence electrons. The van der Waals surface area contributed by atoms with E-state index < -0.39 is 12.0 Å². The van der Waals surface area contributed by atoms with Crippen molar-refractivity contribution in [1.29, 1.82) is 0 Å². The summed E-state index contributed by atoms with van der Waals surface area (Å²) in [5.41, 5.74) is 2.18. The summed E-state index contributed by atoms with van der Waals surface area (Å²) in [5, 5.41) is 3.70. The fraction of sp³-hybridized carbons (Fsp3) is 0.200. The van der Waals surface area contributed by atoms with E-state index in [2.05, 4.69) is 26.2 Å². The van der Waals surface area contributed by atoms with Gasteiger partial charge in [0.05, 0.1) is 11.1 Å². The molecule has 0 saturated carbocycles. The zero-order valence-electron chi connectivity index (χ0n) is 14.3. The molecule has 1 heterocycles. The lowest BCUT2D eigenvalue weighted by atomic mass is 10.1. The number of nitrogens with one attached hydrogen (secondary N) is 2. The molecule has 0 fully saturated rings. The van der Waals surface area contributed by atoms with Crippen molar-refractivity contribution in [2.45, 2.75) is 19.4 Å². The van der Waals surface area contributed by atoms with E-state index in [0.29, 0.717) is 16.6 Å². The highest BCUT2D eigenvalue weighted by Gasteiger charge is 2.25. The first-order valence-corrected chi connectivity index (χ1v) is 9.17. The lowest BCUT2D eigenvalue weighted by Crippen LogP contribution is -2.43. The van der Waals surface area contributed by atoms with Crippen molar-refractivity contribution in [3.8, 4) is 0 Å². The summed E-state index contributed by atoms with van der Waals surface area (Å²) >= 11 is 3.47. The van der Waals surface area contributed by atoms with Gasteiger partial charge in [-0.25, -0.2) is 4.79 Å². The van der Waals surface area contributed by atoms with Crippen LogP contribution in [-0.2, 0) is 16.0 Å². The minimum Gasteiger partial charge on any atom is -0.464 e. The van der Waals surface area contributed by atoms with Gasteiger partial charge in [0.1, 0.15) is 11.7 Å².